The minimum Gasteiger partial charge on any atom is -0.0885 e. The fourth-order valence-electron chi connectivity index (χ4n) is 3.91. The van der Waals surface area contributed by atoms with Gasteiger partial charge < -0.3 is 0 Å². The predicted octanol–water partition coefficient (Wildman–Crippen LogP) is 10.6. The van der Waals surface area contributed by atoms with Gasteiger partial charge in [-0.3, -0.25) is 0 Å². The molecule has 0 aliphatic rings. The van der Waals surface area contributed by atoms with Crippen molar-refractivity contribution in [1.29, 1.82) is 0 Å². The van der Waals surface area contributed by atoms with Gasteiger partial charge >= 0.3 is 0 Å². The molecule has 27 heavy (non-hydrogen) atoms. The van der Waals surface area contributed by atoms with Gasteiger partial charge in [-0.15, -0.1) is 0 Å². The van der Waals surface area contributed by atoms with Crippen LogP contribution < -0.4 is 0 Å². The number of allylic oxidation sites excluding steroid dienone is 2. The quantitative estimate of drug-likeness (QED) is 0.122. The Morgan fingerprint density at radius 3 is 0.815 bits per heavy atom. The van der Waals surface area contributed by atoms with E-state index < -0.39 is 0 Å². The maximum absolute atomic E-state index is 2.43. The lowest BCUT2D eigenvalue weighted by molar-refractivity contribution is 0.527. The van der Waals surface area contributed by atoms with E-state index in [9.17, 15) is 0 Å². The summed E-state index contributed by atoms with van der Waals surface area (Å²) in [6.45, 7) is 4.59. The molecule has 0 nitrogen and oxygen atoms in total. The Kier molecular flexibility index (Phi) is 25.5. The summed E-state index contributed by atoms with van der Waals surface area (Å²) < 4.78 is 0. The molecule has 0 aromatic carbocycles. The van der Waals surface area contributed by atoms with Gasteiger partial charge in [0.2, 0.25) is 0 Å². The fourth-order valence-corrected chi connectivity index (χ4v) is 3.91. The maximum atomic E-state index is 2.43. The molecular weight excluding hydrogens is 324 g/mol. The van der Waals surface area contributed by atoms with Crippen molar-refractivity contribution in [2.75, 3.05) is 0 Å². The van der Waals surface area contributed by atoms with Crippen molar-refractivity contribution in [3.05, 3.63) is 12.2 Å². The molecule has 0 aliphatic carbocycles. The second-order valence-electron chi connectivity index (χ2n) is 8.77. The average molecular weight is 379 g/mol. The van der Waals surface area contributed by atoms with Crippen molar-refractivity contribution < 1.29 is 0 Å². The van der Waals surface area contributed by atoms with Crippen LogP contribution in [0.15, 0.2) is 12.2 Å². The van der Waals surface area contributed by atoms with Crippen LogP contribution in [0.2, 0.25) is 0 Å². The normalized spacial score (nSPS) is 11.6. The molecule has 0 radical (unpaired) electrons. The van der Waals surface area contributed by atoms with E-state index >= 15 is 0 Å². The zero-order valence-corrected chi connectivity index (χ0v) is 19.4. The molecule has 0 saturated heterocycles. The zero-order chi connectivity index (χ0) is 19.7. The zero-order valence-electron chi connectivity index (χ0n) is 19.4. The van der Waals surface area contributed by atoms with E-state index in [-0.39, 0.29) is 0 Å². The molecule has 0 bridgehead atoms. The Morgan fingerprint density at radius 1 is 0.296 bits per heavy atom. The van der Waals surface area contributed by atoms with Crippen LogP contribution in [-0.4, -0.2) is 0 Å². The molecule has 162 valence electrons. The summed E-state index contributed by atoms with van der Waals surface area (Å²) in [7, 11) is 0. The standard InChI is InChI=1S/C27H54/c1-3-5-7-9-11-13-15-17-19-21-23-25-27-26-24-22-20-18-16-14-12-10-8-6-4-2/h13,15H,3-12,14,16-27H2,1-2H3. The third-order valence-electron chi connectivity index (χ3n) is 5.87. The van der Waals surface area contributed by atoms with Crippen molar-refractivity contribution >= 4 is 0 Å². The van der Waals surface area contributed by atoms with E-state index in [2.05, 4.69) is 26.0 Å². The molecule has 0 atom stereocenters. The van der Waals surface area contributed by atoms with E-state index in [1.54, 1.807) is 0 Å². The summed E-state index contributed by atoms with van der Waals surface area (Å²) in [5.74, 6) is 0. The monoisotopic (exact) mass is 378 g/mol. The van der Waals surface area contributed by atoms with Crippen LogP contribution >= 0.6 is 0 Å². The summed E-state index contributed by atoms with van der Waals surface area (Å²) in [5.41, 5.74) is 0. The number of rotatable bonds is 23. The van der Waals surface area contributed by atoms with E-state index in [0.29, 0.717) is 0 Å². The van der Waals surface area contributed by atoms with Gasteiger partial charge in [0, 0.05) is 0 Å². The summed E-state index contributed by atoms with van der Waals surface area (Å²) in [4.78, 5) is 0. The van der Waals surface area contributed by atoms with Gasteiger partial charge in [-0.25, -0.2) is 0 Å². The van der Waals surface area contributed by atoms with Gasteiger partial charge in [0.1, 0.15) is 0 Å². The first-order valence-electron chi connectivity index (χ1n) is 13.1. The van der Waals surface area contributed by atoms with Crippen molar-refractivity contribution in [1.82, 2.24) is 0 Å². The molecule has 0 aromatic heterocycles. The van der Waals surface area contributed by atoms with Gasteiger partial charge in [0.25, 0.3) is 0 Å². The van der Waals surface area contributed by atoms with Crippen LogP contribution in [0.4, 0.5) is 0 Å². The minimum absolute atomic E-state index is 1.30. The highest BCUT2D eigenvalue weighted by atomic mass is 14.0. The summed E-state index contributed by atoms with van der Waals surface area (Å²) in [6, 6.07) is 0. The first-order chi connectivity index (χ1) is 13.4. The molecular formula is C27H54. The largest absolute Gasteiger partial charge is 0.0885 e. The first-order valence-corrected chi connectivity index (χ1v) is 13.1. The summed E-state index contributed by atoms with van der Waals surface area (Å²) in [6.07, 6.45) is 37.9. The van der Waals surface area contributed by atoms with Crippen LogP contribution in [0, 0.1) is 0 Å². The predicted molar refractivity (Wildman–Crippen MR) is 127 cm³/mol. The molecule has 0 amide bonds. The van der Waals surface area contributed by atoms with Gasteiger partial charge in [0.05, 0.1) is 0 Å². The highest BCUT2D eigenvalue weighted by Crippen LogP contribution is 2.14. The van der Waals surface area contributed by atoms with Crippen LogP contribution in [0.3, 0.4) is 0 Å². The highest BCUT2D eigenvalue weighted by molar-refractivity contribution is 4.81. The van der Waals surface area contributed by atoms with Crippen LogP contribution in [0.1, 0.15) is 162 Å². The van der Waals surface area contributed by atoms with E-state index in [4.69, 9.17) is 0 Å². The highest BCUT2D eigenvalue weighted by Gasteiger charge is 1.94. The topological polar surface area (TPSA) is 0 Å². The van der Waals surface area contributed by atoms with Crippen molar-refractivity contribution in [2.24, 2.45) is 0 Å². The summed E-state index contributed by atoms with van der Waals surface area (Å²) >= 11 is 0. The average Bonchev–Trinajstić information content (AvgIpc) is 2.68. The van der Waals surface area contributed by atoms with Crippen LogP contribution in [-0.2, 0) is 0 Å². The third-order valence-corrected chi connectivity index (χ3v) is 5.87. The fraction of sp³-hybridized carbons (Fsp3) is 0.926. The Hall–Kier alpha value is -0.260. The second-order valence-corrected chi connectivity index (χ2v) is 8.77. The number of hydrogen-bond acceptors (Lipinski definition) is 0. The number of hydrogen-bond donors (Lipinski definition) is 0. The van der Waals surface area contributed by atoms with Crippen LogP contribution in [0.5, 0.6) is 0 Å². The Balaban J connectivity index is 3.02. The van der Waals surface area contributed by atoms with Crippen molar-refractivity contribution in [2.45, 2.75) is 162 Å². The SMILES string of the molecule is CCCCCCC=CCCCCCCCCCCCCCCCCCCC. The molecule has 0 unspecified atom stereocenters. The molecule has 0 saturated carbocycles. The minimum atomic E-state index is 1.30. The summed E-state index contributed by atoms with van der Waals surface area (Å²) in [5, 5.41) is 0. The first kappa shape index (κ1) is 26.7. The Morgan fingerprint density at radius 2 is 0.519 bits per heavy atom. The lowest BCUT2D eigenvalue weighted by atomic mass is 10.0. The smallest absolute Gasteiger partial charge is 0.0351 e. The van der Waals surface area contributed by atoms with Gasteiger partial charge in [-0.2, -0.15) is 0 Å². The van der Waals surface area contributed by atoms with E-state index in [1.165, 1.54) is 148 Å². The molecule has 0 spiro atoms. The molecule has 0 fully saturated rings. The third kappa shape index (κ3) is 25.7. The molecule has 0 aromatic rings. The lowest BCUT2D eigenvalue weighted by Gasteiger charge is -2.03. The number of unbranched alkanes of at least 4 members (excludes halogenated alkanes) is 21. The van der Waals surface area contributed by atoms with Crippen LogP contribution in [0.25, 0.3) is 0 Å². The second kappa shape index (κ2) is 25.7. The molecule has 0 heteroatoms. The van der Waals surface area contributed by atoms with Gasteiger partial charge in [0.15, 0.2) is 0 Å². The maximum Gasteiger partial charge on any atom is -0.0351 e. The van der Waals surface area contributed by atoms with Gasteiger partial charge in [-0.05, 0) is 25.7 Å². The lowest BCUT2D eigenvalue weighted by Crippen LogP contribution is -1.83. The Bertz CT molecular complexity index is 265. The Labute approximate surface area is 174 Å². The van der Waals surface area contributed by atoms with Crippen molar-refractivity contribution in [3.8, 4) is 0 Å². The van der Waals surface area contributed by atoms with E-state index in [1.807, 2.05) is 0 Å². The van der Waals surface area contributed by atoms with Crippen molar-refractivity contribution in [3.63, 3.8) is 0 Å². The molecule has 0 aliphatic heterocycles. The molecule has 0 heterocycles. The van der Waals surface area contributed by atoms with Gasteiger partial charge in [-0.1, -0.05) is 148 Å². The molecule has 0 N–H and O–H groups in total. The van der Waals surface area contributed by atoms with E-state index in [0.717, 1.165) is 0 Å². The molecule has 0 rings (SSSR count).